The summed E-state index contributed by atoms with van der Waals surface area (Å²) in [7, 11) is 0. The van der Waals surface area contributed by atoms with Gasteiger partial charge in [0, 0.05) is 28.7 Å². The summed E-state index contributed by atoms with van der Waals surface area (Å²) in [5.41, 5.74) is 4.31. The van der Waals surface area contributed by atoms with E-state index < -0.39 is 5.91 Å². The predicted molar refractivity (Wildman–Crippen MR) is 103 cm³/mol. The van der Waals surface area contributed by atoms with Crippen molar-refractivity contribution in [3.8, 4) is 11.4 Å². The first kappa shape index (κ1) is 18.0. The highest BCUT2D eigenvalue weighted by molar-refractivity contribution is 6.35. The van der Waals surface area contributed by atoms with Crippen molar-refractivity contribution in [3.05, 3.63) is 82.6 Å². The Bertz CT molecular complexity index is 924. The lowest BCUT2D eigenvalue weighted by molar-refractivity contribution is -0.123. The molecule has 3 aromatic rings. The molecule has 7 heteroatoms. The fraction of sp³-hybridized carbons (Fsp3) is 0.0526. The molecule has 1 N–H and O–H groups in total. The van der Waals surface area contributed by atoms with Crippen molar-refractivity contribution in [3.63, 3.8) is 0 Å². The average molecular weight is 388 g/mol. The largest absolute Gasteiger partial charge is 0.482 e. The van der Waals surface area contributed by atoms with Crippen LogP contribution in [0.5, 0.6) is 5.75 Å². The van der Waals surface area contributed by atoms with Crippen LogP contribution in [0.2, 0.25) is 10.0 Å². The smallest absolute Gasteiger partial charge is 0.277 e. The molecule has 0 bridgehead atoms. The summed E-state index contributed by atoms with van der Waals surface area (Å²) in [5, 5.41) is 4.77. The summed E-state index contributed by atoms with van der Waals surface area (Å²) in [5.74, 6) is -0.00936. The van der Waals surface area contributed by atoms with Crippen molar-refractivity contribution in [1.29, 1.82) is 0 Å². The second-order valence-electron chi connectivity index (χ2n) is 5.34. The van der Waals surface area contributed by atoms with E-state index in [2.05, 4.69) is 10.5 Å². The van der Waals surface area contributed by atoms with E-state index in [0.717, 1.165) is 11.3 Å². The number of nitrogens with one attached hydrogen (secondary N) is 1. The maximum atomic E-state index is 11.8. The minimum absolute atomic E-state index is 0.205. The third-order valence-electron chi connectivity index (χ3n) is 3.43. The summed E-state index contributed by atoms with van der Waals surface area (Å²) in [6.07, 6.45) is 5.39. The molecule has 0 fully saturated rings. The first-order valence-electron chi connectivity index (χ1n) is 7.75. The minimum Gasteiger partial charge on any atom is -0.482 e. The van der Waals surface area contributed by atoms with Crippen molar-refractivity contribution in [2.45, 2.75) is 0 Å². The van der Waals surface area contributed by atoms with Crippen molar-refractivity contribution in [2.24, 2.45) is 5.10 Å². The molecule has 0 aliphatic carbocycles. The number of amides is 1. The Hall–Kier alpha value is -2.76. The van der Waals surface area contributed by atoms with Crippen LogP contribution in [0.25, 0.3) is 5.69 Å². The molecular formula is C19H15Cl2N3O2. The van der Waals surface area contributed by atoms with Crippen LogP contribution in [0, 0.1) is 0 Å². The Morgan fingerprint density at radius 1 is 1.15 bits per heavy atom. The highest BCUT2D eigenvalue weighted by Gasteiger charge is 2.06. The zero-order valence-electron chi connectivity index (χ0n) is 13.6. The number of aromatic nitrogens is 1. The summed E-state index contributed by atoms with van der Waals surface area (Å²) in [6.45, 7) is -0.205. The number of benzene rings is 2. The lowest BCUT2D eigenvalue weighted by atomic mass is 10.3. The number of hydrogen-bond donors (Lipinski definition) is 1. The van der Waals surface area contributed by atoms with Gasteiger partial charge in [-0.15, -0.1) is 0 Å². The Morgan fingerprint density at radius 2 is 1.96 bits per heavy atom. The molecule has 1 amide bonds. The van der Waals surface area contributed by atoms with Gasteiger partial charge in [0.15, 0.2) is 6.61 Å². The van der Waals surface area contributed by atoms with Crippen LogP contribution in [0.3, 0.4) is 0 Å². The standard InChI is InChI=1S/C19H15Cl2N3O2/c20-15-6-7-18(17(21)10-15)26-13-19(25)23-22-11-14-8-9-24(12-14)16-4-2-1-3-5-16/h1-12H,13H2,(H,23,25)/b22-11+. The summed E-state index contributed by atoms with van der Waals surface area (Å²) < 4.78 is 7.30. The van der Waals surface area contributed by atoms with E-state index in [1.807, 2.05) is 53.4 Å². The van der Waals surface area contributed by atoms with Crippen molar-refractivity contribution in [2.75, 3.05) is 6.61 Å². The molecule has 26 heavy (non-hydrogen) atoms. The summed E-state index contributed by atoms with van der Waals surface area (Å²) >= 11 is 11.8. The van der Waals surface area contributed by atoms with Gasteiger partial charge < -0.3 is 9.30 Å². The lowest BCUT2D eigenvalue weighted by Crippen LogP contribution is -2.24. The number of carbonyl (C=O) groups excluding carboxylic acids is 1. The molecule has 0 radical (unpaired) electrons. The lowest BCUT2D eigenvalue weighted by Gasteiger charge is -2.06. The molecule has 1 aromatic heterocycles. The molecule has 132 valence electrons. The molecule has 0 saturated carbocycles. The molecule has 3 rings (SSSR count). The average Bonchev–Trinajstić information content (AvgIpc) is 3.11. The highest BCUT2D eigenvalue weighted by Crippen LogP contribution is 2.27. The summed E-state index contributed by atoms with van der Waals surface area (Å²) in [4.78, 5) is 11.8. The quantitative estimate of drug-likeness (QED) is 0.505. The fourth-order valence-electron chi connectivity index (χ4n) is 2.20. The number of ether oxygens (including phenoxy) is 1. The van der Waals surface area contributed by atoms with Gasteiger partial charge in [-0.3, -0.25) is 4.79 Å². The van der Waals surface area contributed by atoms with E-state index in [-0.39, 0.29) is 6.61 Å². The van der Waals surface area contributed by atoms with Crippen molar-refractivity contribution in [1.82, 2.24) is 9.99 Å². The van der Waals surface area contributed by atoms with Crippen LogP contribution in [0.4, 0.5) is 0 Å². The minimum atomic E-state index is -0.394. The molecule has 0 unspecified atom stereocenters. The predicted octanol–water partition coefficient (Wildman–Crippen LogP) is 4.31. The van der Waals surface area contributed by atoms with Crippen LogP contribution in [-0.4, -0.2) is 23.3 Å². The Balaban J connectivity index is 1.50. The zero-order valence-corrected chi connectivity index (χ0v) is 15.1. The van der Waals surface area contributed by atoms with Gasteiger partial charge in [0.2, 0.25) is 0 Å². The van der Waals surface area contributed by atoms with Crippen LogP contribution < -0.4 is 10.2 Å². The molecule has 0 saturated heterocycles. The molecule has 2 aromatic carbocycles. The van der Waals surface area contributed by atoms with Crippen LogP contribution in [0.15, 0.2) is 72.1 Å². The van der Waals surface area contributed by atoms with E-state index >= 15 is 0 Å². The Labute approximate surface area is 160 Å². The number of hydrazone groups is 1. The summed E-state index contributed by atoms with van der Waals surface area (Å²) in [6, 6.07) is 16.6. The van der Waals surface area contributed by atoms with Gasteiger partial charge in [-0.25, -0.2) is 5.43 Å². The fourth-order valence-corrected chi connectivity index (χ4v) is 2.66. The molecular weight excluding hydrogens is 373 g/mol. The van der Waals surface area contributed by atoms with E-state index in [1.165, 1.54) is 0 Å². The number of rotatable bonds is 6. The third kappa shape index (κ3) is 4.88. The van der Waals surface area contributed by atoms with Crippen LogP contribution in [-0.2, 0) is 4.79 Å². The molecule has 0 spiro atoms. The van der Waals surface area contributed by atoms with Crippen molar-refractivity contribution < 1.29 is 9.53 Å². The molecule has 5 nitrogen and oxygen atoms in total. The number of para-hydroxylation sites is 1. The van der Waals surface area contributed by atoms with E-state index in [9.17, 15) is 4.79 Å². The van der Waals surface area contributed by atoms with E-state index in [0.29, 0.717) is 15.8 Å². The second kappa shape index (κ2) is 8.56. The first-order chi connectivity index (χ1) is 12.6. The van der Waals surface area contributed by atoms with Gasteiger partial charge in [0.1, 0.15) is 5.75 Å². The number of hydrogen-bond acceptors (Lipinski definition) is 3. The van der Waals surface area contributed by atoms with Crippen LogP contribution >= 0.6 is 23.2 Å². The monoisotopic (exact) mass is 387 g/mol. The number of halogens is 2. The number of carbonyl (C=O) groups is 1. The van der Waals surface area contributed by atoms with Gasteiger partial charge in [-0.05, 0) is 36.4 Å². The molecule has 0 atom stereocenters. The highest BCUT2D eigenvalue weighted by atomic mass is 35.5. The van der Waals surface area contributed by atoms with Crippen LogP contribution in [0.1, 0.15) is 5.56 Å². The van der Waals surface area contributed by atoms with Gasteiger partial charge >= 0.3 is 0 Å². The van der Waals surface area contributed by atoms with Gasteiger partial charge in [0.25, 0.3) is 5.91 Å². The first-order valence-corrected chi connectivity index (χ1v) is 8.50. The molecule has 1 heterocycles. The Kier molecular flexibility index (Phi) is 5.94. The SMILES string of the molecule is O=C(COc1ccc(Cl)cc1Cl)N/N=C/c1ccn(-c2ccccc2)c1. The van der Waals surface area contributed by atoms with E-state index in [4.69, 9.17) is 27.9 Å². The van der Waals surface area contributed by atoms with Gasteiger partial charge in [-0.2, -0.15) is 5.10 Å². The normalized spacial score (nSPS) is 10.8. The zero-order chi connectivity index (χ0) is 18.4. The maximum Gasteiger partial charge on any atom is 0.277 e. The second-order valence-corrected chi connectivity index (χ2v) is 6.19. The van der Waals surface area contributed by atoms with Crippen molar-refractivity contribution >= 4 is 35.3 Å². The Morgan fingerprint density at radius 3 is 2.73 bits per heavy atom. The molecule has 0 aliphatic heterocycles. The van der Waals surface area contributed by atoms with Gasteiger partial charge in [0.05, 0.1) is 11.2 Å². The number of nitrogens with zero attached hydrogens (tertiary/aromatic N) is 2. The topological polar surface area (TPSA) is 55.6 Å². The third-order valence-corrected chi connectivity index (χ3v) is 3.96. The maximum absolute atomic E-state index is 11.8. The molecule has 0 aliphatic rings. The van der Waals surface area contributed by atoms with Gasteiger partial charge in [-0.1, -0.05) is 41.4 Å². The van der Waals surface area contributed by atoms with E-state index in [1.54, 1.807) is 24.4 Å².